The number of alkyl halides is 1. The third-order valence-corrected chi connectivity index (χ3v) is 4.79. The Labute approximate surface area is 134 Å². The quantitative estimate of drug-likeness (QED) is 0.565. The van der Waals surface area contributed by atoms with Crippen molar-refractivity contribution < 1.29 is 0 Å². The molecule has 2 unspecified atom stereocenters. The van der Waals surface area contributed by atoms with Crippen molar-refractivity contribution in [1.82, 2.24) is 0 Å². The lowest BCUT2D eigenvalue weighted by atomic mass is 9.95. The highest BCUT2D eigenvalue weighted by Crippen LogP contribution is 2.28. The van der Waals surface area contributed by atoms with Crippen molar-refractivity contribution >= 4 is 11.6 Å². The number of hydrogen-bond donors (Lipinski definition) is 0. The molecule has 0 heterocycles. The van der Waals surface area contributed by atoms with Crippen LogP contribution in [-0.2, 0) is 6.42 Å². The molecule has 2 aromatic rings. The topological polar surface area (TPSA) is 0 Å². The normalized spacial score (nSPS) is 14.0. The van der Waals surface area contributed by atoms with E-state index in [2.05, 4.69) is 70.2 Å². The molecule has 0 bridgehead atoms. The van der Waals surface area contributed by atoms with Crippen LogP contribution >= 0.6 is 11.6 Å². The second kappa shape index (κ2) is 7.13. The van der Waals surface area contributed by atoms with Gasteiger partial charge in [0.15, 0.2) is 0 Å². The van der Waals surface area contributed by atoms with Crippen LogP contribution in [0.2, 0.25) is 0 Å². The van der Waals surface area contributed by atoms with E-state index in [0.29, 0.717) is 5.92 Å². The number of halogens is 1. The van der Waals surface area contributed by atoms with Gasteiger partial charge in [-0.25, -0.2) is 0 Å². The van der Waals surface area contributed by atoms with Crippen molar-refractivity contribution in [1.29, 1.82) is 0 Å². The smallest absolute Gasteiger partial charge is 0.0625 e. The standard InChI is InChI=1S/C20H25Cl/c1-5-15(3)17-8-10-18(11-9-17)20(21)13-19-12-14(2)6-7-16(19)4/h6-12,15,20H,5,13H2,1-4H3. The van der Waals surface area contributed by atoms with Crippen molar-refractivity contribution in [2.45, 2.75) is 51.8 Å². The van der Waals surface area contributed by atoms with Gasteiger partial charge in [0.2, 0.25) is 0 Å². The minimum Gasteiger partial charge on any atom is -0.117 e. The number of aryl methyl sites for hydroxylation is 2. The Bertz CT molecular complexity index is 583. The minimum atomic E-state index is 0.0384. The number of benzene rings is 2. The molecule has 21 heavy (non-hydrogen) atoms. The summed E-state index contributed by atoms with van der Waals surface area (Å²) in [6, 6.07) is 15.4. The Balaban J connectivity index is 2.13. The van der Waals surface area contributed by atoms with Crippen LogP contribution in [0.1, 0.15) is 59.4 Å². The van der Waals surface area contributed by atoms with Gasteiger partial charge in [0.05, 0.1) is 5.38 Å². The van der Waals surface area contributed by atoms with E-state index >= 15 is 0 Å². The van der Waals surface area contributed by atoms with Gasteiger partial charge >= 0.3 is 0 Å². The van der Waals surface area contributed by atoms with E-state index in [4.69, 9.17) is 11.6 Å². The summed E-state index contributed by atoms with van der Waals surface area (Å²) < 4.78 is 0. The third-order valence-electron chi connectivity index (χ3n) is 4.38. The molecule has 2 rings (SSSR count). The van der Waals surface area contributed by atoms with Gasteiger partial charge in [0.25, 0.3) is 0 Å². The highest BCUT2D eigenvalue weighted by atomic mass is 35.5. The molecule has 0 aromatic heterocycles. The van der Waals surface area contributed by atoms with E-state index < -0.39 is 0 Å². The van der Waals surface area contributed by atoms with Crippen LogP contribution in [-0.4, -0.2) is 0 Å². The first kappa shape index (κ1) is 16.1. The first-order valence-electron chi connectivity index (χ1n) is 7.81. The average Bonchev–Trinajstić information content (AvgIpc) is 2.50. The molecule has 0 radical (unpaired) electrons. The maximum Gasteiger partial charge on any atom is 0.0625 e. The Morgan fingerprint density at radius 2 is 1.57 bits per heavy atom. The molecule has 0 spiro atoms. The van der Waals surface area contributed by atoms with E-state index in [1.165, 1.54) is 34.2 Å². The second-order valence-corrected chi connectivity index (χ2v) is 6.60. The molecule has 0 N–H and O–H groups in total. The van der Waals surface area contributed by atoms with E-state index in [0.717, 1.165) is 6.42 Å². The van der Waals surface area contributed by atoms with E-state index in [1.807, 2.05) is 0 Å². The zero-order chi connectivity index (χ0) is 15.4. The molecular weight excluding hydrogens is 276 g/mol. The second-order valence-electron chi connectivity index (χ2n) is 6.08. The summed E-state index contributed by atoms with van der Waals surface area (Å²) >= 11 is 6.63. The maximum absolute atomic E-state index is 6.63. The van der Waals surface area contributed by atoms with Crippen molar-refractivity contribution in [3.8, 4) is 0 Å². The Hall–Kier alpha value is -1.27. The highest BCUT2D eigenvalue weighted by Gasteiger charge is 2.11. The number of rotatable bonds is 5. The third kappa shape index (κ3) is 4.11. The summed E-state index contributed by atoms with van der Waals surface area (Å²) in [6.07, 6.45) is 2.06. The van der Waals surface area contributed by atoms with Crippen LogP contribution in [0, 0.1) is 13.8 Å². The van der Waals surface area contributed by atoms with Gasteiger partial charge < -0.3 is 0 Å². The Kier molecular flexibility index (Phi) is 5.47. The molecule has 0 saturated carbocycles. The molecule has 0 aliphatic rings. The van der Waals surface area contributed by atoms with Gasteiger partial charge in [0, 0.05) is 0 Å². The van der Waals surface area contributed by atoms with Crippen LogP contribution in [0.15, 0.2) is 42.5 Å². The molecule has 112 valence electrons. The predicted molar refractivity (Wildman–Crippen MR) is 93.4 cm³/mol. The van der Waals surface area contributed by atoms with Gasteiger partial charge in [-0.15, -0.1) is 11.6 Å². The van der Waals surface area contributed by atoms with Crippen molar-refractivity contribution in [2.24, 2.45) is 0 Å². The first-order chi connectivity index (χ1) is 10.0. The lowest BCUT2D eigenvalue weighted by Crippen LogP contribution is -1.99. The van der Waals surface area contributed by atoms with Crippen LogP contribution in [0.4, 0.5) is 0 Å². The fraction of sp³-hybridized carbons (Fsp3) is 0.400. The lowest BCUT2D eigenvalue weighted by molar-refractivity contribution is 0.732. The SMILES string of the molecule is CCC(C)c1ccc(C(Cl)Cc2cc(C)ccc2C)cc1. The van der Waals surface area contributed by atoms with E-state index in [1.54, 1.807) is 0 Å². The summed E-state index contributed by atoms with van der Waals surface area (Å²) in [5, 5.41) is 0.0384. The van der Waals surface area contributed by atoms with E-state index in [-0.39, 0.29) is 5.38 Å². The van der Waals surface area contributed by atoms with Crippen LogP contribution in [0.25, 0.3) is 0 Å². The van der Waals surface area contributed by atoms with Crippen LogP contribution in [0.5, 0.6) is 0 Å². The van der Waals surface area contributed by atoms with Crippen molar-refractivity contribution in [2.75, 3.05) is 0 Å². The molecular formula is C20H25Cl. The molecule has 2 aromatic carbocycles. The zero-order valence-electron chi connectivity index (χ0n) is 13.5. The summed E-state index contributed by atoms with van der Waals surface area (Å²) in [4.78, 5) is 0. The minimum absolute atomic E-state index is 0.0384. The summed E-state index contributed by atoms with van der Waals surface area (Å²) in [5.74, 6) is 0.617. The molecule has 1 heteroatoms. The molecule has 0 saturated heterocycles. The molecule has 0 fully saturated rings. The van der Waals surface area contributed by atoms with E-state index in [9.17, 15) is 0 Å². The van der Waals surface area contributed by atoms with Crippen molar-refractivity contribution in [3.05, 3.63) is 70.3 Å². The summed E-state index contributed by atoms with van der Waals surface area (Å²) in [6.45, 7) is 8.78. The molecule has 0 amide bonds. The van der Waals surface area contributed by atoms with Crippen LogP contribution < -0.4 is 0 Å². The molecule has 0 nitrogen and oxygen atoms in total. The largest absolute Gasteiger partial charge is 0.117 e. The van der Waals surface area contributed by atoms with Gasteiger partial charge in [0.1, 0.15) is 0 Å². The Morgan fingerprint density at radius 1 is 0.952 bits per heavy atom. The summed E-state index contributed by atoms with van der Waals surface area (Å²) in [5.41, 5.74) is 6.58. The van der Waals surface area contributed by atoms with Gasteiger partial charge in [-0.1, -0.05) is 61.9 Å². The van der Waals surface area contributed by atoms with Gasteiger partial charge in [-0.05, 0) is 54.9 Å². The summed E-state index contributed by atoms with van der Waals surface area (Å²) in [7, 11) is 0. The maximum atomic E-state index is 6.63. The highest BCUT2D eigenvalue weighted by molar-refractivity contribution is 6.20. The average molecular weight is 301 g/mol. The number of hydrogen-bond acceptors (Lipinski definition) is 0. The lowest BCUT2D eigenvalue weighted by Gasteiger charge is -2.15. The Morgan fingerprint density at radius 3 is 2.19 bits per heavy atom. The molecule has 0 aliphatic carbocycles. The fourth-order valence-corrected chi connectivity index (χ4v) is 2.91. The molecule has 2 atom stereocenters. The molecule has 0 aliphatic heterocycles. The predicted octanol–water partition coefficient (Wildman–Crippen LogP) is 6.34. The monoisotopic (exact) mass is 300 g/mol. The van der Waals surface area contributed by atoms with Crippen molar-refractivity contribution in [3.63, 3.8) is 0 Å². The first-order valence-corrected chi connectivity index (χ1v) is 8.25. The zero-order valence-corrected chi connectivity index (χ0v) is 14.2. The van der Waals surface area contributed by atoms with Gasteiger partial charge in [-0.2, -0.15) is 0 Å². The van der Waals surface area contributed by atoms with Gasteiger partial charge in [-0.3, -0.25) is 0 Å². The fourth-order valence-electron chi connectivity index (χ4n) is 2.60. The van der Waals surface area contributed by atoms with Crippen LogP contribution in [0.3, 0.4) is 0 Å².